The molecule has 1 atom stereocenters. The van der Waals surface area contributed by atoms with Crippen LogP contribution in [0.2, 0.25) is 0 Å². The van der Waals surface area contributed by atoms with Crippen molar-refractivity contribution >= 4 is 5.97 Å². The summed E-state index contributed by atoms with van der Waals surface area (Å²) in [6.45, 7) is 10.5. The topological polar surface area (TPSA) is 70.0 Å². The first-order valence-corrected chi connectivity index (χ1v) is 14.7. The lowest BCUT2D eigenvalue weighted by molar-refractivity contribution is -0.146. The van der Waals surface area contributed by atoms with E-state index in [-0.39, 0.29) is 19.3 Å². The Bertz CT molecular complexity index is 1110. The minimum absolute atomic E-state index is 0. The van der Waals surface area contributed by atoms with Crippen molar-refractivity contribution in [1.29, 1.82) is 0 Å². The van der Waals surface area contributed by atoms with Gasteiger partial charge in [0.2, 0.25) is 0 Å². The minimum atomic E-state index is -1.00. The molecule has 0 bridgehead atoms. The lowest BCUT2D eigenvalue weighted by atomic mass is 9.72. The number of benzene rings is 3. The highest BCUT2D eigenvalue weighted by Gasteiger charge is 2.41. The molecule has 1 aliphatic heterocycles. The molecule has 224 valence electrons. The average Bonchev–Trinajstić information content (AvgIpc) is 3.02. The van der Waals surface area contributed by atoms with Crippen LogP contribution in [0.25, 0.3) is 0 Å². The van der Waals surface area contributed by atoms with Gasteiger partial charge in [-0.25, -0.2) is 0 Å². The largest absolute Gasteiger partial charge is 0.468 e. The summed E-state index contributed by atoms with van der Waals surface area (Å²) in [7, 11) is 1.40. The Balaban J connectivity index is 0.00000192. The molecule has 3 aromatic rings. The monoisotopic (exact) mass is 561 g/mol. The second-order valence-corrected chi connectivity index (χ2v) is 11.0. The van der Waals surface area contributed by atoms with Crippen molar-refractivity contribution < 1.29 is 19.7 Å². The van der Waals surface area contributed by atoms with E-state index in [1.165, 1.54) is 7.11 Å². The van der Waals surface area contributed by atoms with E-state index in [9.17, 15) is 15.0 Å². The molecule has 1 unspecified atom stereocenters. The lowest BCUT2D eigenvalue weighted by Gasteiger charge is -2.42. The van der Waals surface area contributed by atoms with Crippen molar-refractivity contribution in [1.82, 2.24) is 4.90 Å². The summed E-state index contributed by atoms with van der Waals surface area (Å²) in [5, 5.41) is 22.8. The Morgan fingerprint density at radius 3 is 1.83 bits per heavy atom. The van der Waals surface area contributed by atoms with Crippen molar-refractivity contribution in [3.05, 3.63) is 107 Å². The Kier molecular flexibility index (Phi) is 13.2. The molecule has 1 fully saturated rings. The number of rotatable bonds is 10. The number of likely N-dealkylation sites (tertiary alicyclic amines) is 1. The molecule has 41 heavy (non-hydrogen) atoms. The molecule has 1 saturated heterocycles. The third-order valence-corrected chi connectivity index (χ3v) is 8.27. The first kappa shape index (κ1) is 34.2. The van der Waals surface area contributed by atoms with Crippen molar-refractivity contribution in [3.8, 4) is 0 Å². The van der Waals surface area contributed by atoms with Gasteiger partial charge in [-0.1, -0.05) is 106 Å². The quantitative estimate of drug-likeness (QED) is 0.255. The van der Waals surface area contributed by atoms with Gasteiger partial charge in [-0.2, -0.15) is 0 Å². The normalized spacial score (nSPS) is 15.2. The van der Waals surface area contributed by atoms with Crippen molar-refractivity contribution in [2.24, 2.45) is 5.92 Å². The Morgan fingerprint density at radius 1 is 0.878 bits per heavy atom. The molecular formula is C36H51NO4. The molecule has 0 spiro atoms. The average molecular weight is 562 g/mol. The van der Waals surface area contributed by atoms with Crippen LogP contribution >= 0.6 is 0 Å². The second kappa shape index (κ2) is 15.9. The highest BCUT2D eigenvalue weighted by Crippen LogP contribution is 2.42. The molecule has 1 aliphatic rings. The van der Waals surface area contributed by atoms with Crippen LogP contribution in [0.3, 0.4) is 0 Å². The van der Waals surface area contributed by atoms with Crippen LogP contribution in [0.15, 0.2) is 84.9 Å². The van der Waals surface area contributed by atoms with Crippen LogP contribution < -0.4 is 0 Å². The molecule has 0 aromatic heterocycles. The fourth-order valence-electron chi connectivity index (χ4n) is 5.77. The summed E-state index contributed by atoms with van der Waals surface area (Å²) < 4.78 is 4.92. The van der Waals surface area contributed by atoms with Gasteiger partial charge in [0.15, 0.2) is 0 Å². The van der Waals surface area contributed by atoms with E-state index in [1.54, 1.807) is 0 Å². The van der Waals surface area contributed by atoms with Gasteiger partial charge in [0, 0.05) is 0 Å². The van der Waals surface area contributed by atoms with Gasteiger partial charge in [-0.3, -0.25) is 4.79 Å². The van der Waals surface area contributed by atoms with E-state index < -0.39 is 17.1 Å². The smallest absolute Gasteiger partial charge is 0.315 e. The molecule has 5 heteroatoms. The van der Waals surface area contributed by atoms with E-state index >= 15 is 0 Å². The van der Waals surface area contributed by atoms with Crippen LogP contribution in [0.4, 0.5) is 0 Å². The molecular weight excluding hydrogens is 510 g/mol. The molecule has 1 heterocycles. The summed E-state index contributed by atoms with van der Waals surface area (Å²) in [5.74, 6) is -0.137. The fourth-order valence-corrected chi connectivity index (χ4v) is 5.77. The number of aliphatic hydroxyl groups is 2. The minimum Gasteiger partial charge on any atom is -0.468 e. The van der Waals surface area contributed by atoms with Crippen LogP contribution in [0.1, 0.15) is 89.2 Å². The number of aliphatic hydroxyl groups excluding tert-OH is 1. The van der Waals surface area contributed by atoms with Gasteiger partial charge in [-0.05, 0) is 87.3 Å². The van der Waals surface area contributed by atoms with Crippen molar-refractivity contribution in [2.45, 2.75) is 77.9 Å². The maximum atomic E-state index is 12.1. The van der Waals surface area contributed by atoms with Gasteiger partial charge >= 0.3 is 5.97 Å². The first-order valence-electron chi connectivity index (χ1n) is 14.7. The van der Waals surface area contributed by atoms with Crippen LogP contribution in [-0.2, 0) is 20.5 Å². The summed E-state index contributed by atoms with van der Waals surface area (Å²) in [4.78, 5) is 14.5. The fraction of sp³-hybridized carbons (Fsp3) is 0.472. The van der Waals surface area contributed by atoms with E-state index in [1.807, 2.05) is 113 Å². The van der Waals surface area contributed by atoms with Gasteiger partial charge in [0.1, 0.15) is 5.60 Å². The van der Waals surface area contributed by atoms with Crippen molar-refractivity contribution in [3.63, 3.8) is 0 Å². The molecule has 0 saturated carbocycles. The zero-order valence-corrected chi connectivity index (χ0v) is 24.8. The number of carbonyl (C=O) groups excluding carboxylic acids is 1. The molecule has 0 amide bonds. The van der Waals surface area contributed by atoms with E-state index in [0.29, 0.717) is 6.42 Å². The molecule has 5 nitrogen and oxygen atoms in total. The van der Waals surface area contributed by atoms with Crippen LogP contribution in [0.5, 0.6) is 0 Å². The second-order valence-electron chi connectivity index (χ2n) is 11.0. The number of carbonyl (C=O) groups is 1. The third kappa shape index (κ3) is 8.06. The molecule has 4 rings (SSSR count). The summed E-state index contributed by atoms with van der Waals surface area (Å²) >= 11 is 0. The predicted octanol–water partition coefficient (Wildman–Crippen LogP) is 7.26. The summed E-state index contributed by atoms with van der Waals surface area (Å²) in [6, 6.07) is 27.7. The lowest BCUT2D eigenvalue weighted by Crippen LogP contribution is -2.44. The van der Waals surface area contributed by atoms with Gasteiger partial charge in [0.05, 0.1) is 18.6 Å². The maximum absolute atomic E-state index is 12.1. The van der Waals surface area contributed by atoms with Crippen LogP contribution in [0, 0.1) is 5.92 Å². The third-order valence-electron chi connectivity index (χ3n) is 8.27. The highest BCUT2D eigenvalue weighted by atomic mass is 16.5. The SMILES string of the molecule is C.CC.COC(=O)C(C)(C)c1ccc(C(O)CCCN2CCC(C(O)(c3ccccc3)c3ccccc3)CC2)cc1. The molecule has 0 radical (unpaired) electrons. The predicted molar refractivity (Wildman–Crippen MR) is 169 cm³/mol. The highest BCUT2D eigenvalue weighted by molar-refractivity contribution is 5.82. The number of nitrogens with zero attached hydrogens (tertiary/aromatic N) is 1. The Labute approximate surface area is 248 Å². The summed E-state index contributed by atoms with van der Waals surface area (Å²) in [5.41, 5.74) is 1.91. The molecule has 0 aliphatic carbocycles. The van der Waals surface area contributed by atoms with Crippen molar-refractivity contribution in [2.75, 3.05) is 26.7 Å². The van der Waals surface area contributed by atoms with Gasteiger partial charge < -0.3 is 19.8 Å². The Hall–Kier alpha value is -2.99. The molecule has 3 aromatic carbocycles. The van der Waals surface area contributed by atoms with E-state index in [4.69, 9.17) is 4.74 Å². The van der Waals surface area contributed by atoms with Crippen LogP contribution in [-0.4, -0.2) is 47.8 Å². The molecule has 2 N–H and O–H groups in total. The zero-order chi connectivity index (χ0) is 29.2. The number of piperidine rings is 1. The maximum Gasteiger partial charge on any atom is 0.315 e. The van der Waals surface area contributed by atoms with E-state index in [0.717, 1.165) is 61.2 Å². The number of hydrogen-bond donors (Lipinski definition) is 2. The summed E-state index contributed by atoms with van der Waals surface area (Å²) in [6.07, 6.45) is 2.87. The van der Waals surface area contributed by atoms with E-state index in [2.05, 4.69) is 4.90 Å². The van der Waals surface area contributed by atoms with Gasteiger partial charge in [-0.15, -0.1) is 0 Å². The first-order chi connectivity index (χ1) is 19.3. The number of methoxy groups -OCH3 is 1. The number of esters is 1. The standard InChI is InChI=1S/C33H41NO4.C2H6.CH4/c1-32(2,31(36)38-3)26-18-16-25(17-19-26)30(35)15-10-22-34-23-20-29(21-24-34)33(37,27-11-6-4-7-12-27)28-13-8-5-9-14-28;1-2;/h4-9,11-14,16-19,29-30,35,37H,10,15,20-24H2,1-3H3;1-2H3;1H4. The Morgan fingerprint density at radius 2 is 1.37 bits per heavy atom. The van der Waals surface area contributed by atoms with Gasteiger partial charge in [0.25, 0.3) is 0 Å². The number of ether oxygens (including phenoxy) is 1. The zero-order valence-electron chi connectivity index (χ0n) is 24.8. The number of hydrogen-bond acceptors (Lipinski definition) is 5.